The Morgan fingerprint density at radius 2 is 2.00 bits per heavy atom. The summed E-state index contributed by atoms with van der Waals surface area (Å²) < 4.78 is 5.41. The molecule has 0 spiro atoms. The molecule has 0 atom stereocenters. The van der Waals surface area contributed by atoms with Crippen LogP contribution in [0.4, 0.5) is 4.79 Å². The first-order valence-electron chi connectivity index (χ1n) is 7.68. The van der Waals surface area contributed by atoms with Crippen molar-refractivity contribution in [3.05, 3.63) is 34.9 Å². The molecule has 0 unspecified atom stereocenters. The largest absolute Gasteiger partial charge is 0.444 e. The third-order valence-corrected chi connectivity index (χ3v) is 4.09. The fourth-order valence-corrected chi connectivity index (χ4v) is 2.90. The lowest BCUT2D eigenvalue weighted by Crippen LogP contribution is -2.53. The average molecular weight is 325 g/mol. The predicted octanol–water partition coefficient (Wildman–Crippen LogP) is 3.61. The Kier molecular flexibility index (Phi) is 5.03. The molecule has 0 aromatic heterocycles. The van der Waals surface area contributed by atoms with Gasteiger partial charge < -0.3 is 15.4 Å². The SMILES string of the molecule is CC(C)(C)OC(=O)N1CCC(N)(Cc2cccc(Cl)c2)CC1. The fraction of sp³-hybridized carbons (Fsp3) is 0.588. The number of ether oxygens (including phenoxy) is 1. The standard InChI is InChI=1S/C17H25ClN2O2/c1-16(2,3)22-15(21)20-9-7-17(19,8-10-20)12-13-5-4-6-14(18)11-13/h4-6,11H,7-10,12,19H2,1-3H3. The maximum Gasteiger partial charge on any atom is 0.410 e. The summed E-state index contributed by atoms with van der Waals surface area (Å²) in [5, 5.41) is 0.729. The molecule has 1 saturated heterocycles. The van der Waals surface area contributed by atoms with Crippen LogP contribution in [0, 0.1) is 0 Å². The van der Waals surface area contributed by atoms with Crippen molar-refractivity contribution in [3.8, 4) is 0 Å². The molecule has 5 heteroatoms. The van der Waals surface area contributed by atoms with E-state index in [0.717, 1.165) is 29.8 Å². The molecule has 122 valence electrons. The van der Waals surface area contributed by atoms with Gasteiger partial charge in [-0.3, -0.25) is 0 Å². The lowest BCUT2D eigenvalue weighted by atomic mass is 9.83. The number of rotatable bonds is 2. The molecule has 1 aromatic carbocycles. The molecule has 1 aliphatic heterocycles. The molecule has 0 bridgehead atoms. The van der Waals surface area contributed by atoms with E-state index in [2.05, 4.69) is 0 Å². The molecule has 1 fully saturated rings. The van der Waals surface area contributed by atoms with Crippen molar-refractivity contribution in [3.63, 3.8) is 0 Å². The van der Waals surface area contributed by atoms with Gasteiger partial charge in [0.2, 0.25) is 0 Å². The van der Waals surface area contributed by atoms with Crippen molar-refractivity contribution >= 4 is 17.7 Å². The zero-order valence-electron chi connectivity index (χ0n) is 13.6. The van der Waals surface area contributed by atoms with Gasteiger partial charge in [-0.05, 0) is 57.7 Å². The first kappa shape index (κ1) is 17.1. The maximum absolute atomic E-state index is 12.1. The summed E-state index contributed by atoms with van der Waals surface area (Å²) in [7, 11) is 0. The number of hydrogen-bond acceptors (Lipinski definition) is 3. The molecule has 4 nitrogen and oxygen atoms in total. The summed E-state index contributed by atoms with van der Waals surface area (Å²) in [5.41, 5.74) is 6.90. The van der Waals surface area contributed by atoms with E-state index in [1.54, 1.807) is 4.90 Å². The molecule has 22 heavy (non-hydrogen) atoms. The number of likely N-dealkylation sites (tertiary alicyclic amines) is 1. The maximum atomic E-state index is 12.1. The zero-order chi connectivity index (χ0) is 16.4. The normalized spacial score (nSPS) is 18.1. The highest BCUT2D eigenvalue weighted by Crippen LogP contribution is 2.26. The van der Waals surface area contributed by atoms with Gasteiger partial charge in [0.25, 0.3) is 0 Å². The van der Waals surface area contributed by atoms with E-state index in [1.807, 2.05) is 45.0 Å². The van der Waals surface area contributed by atoms with Crippen LogP contribution in [0.2, 0.25) is 5.02 Å². The quantitative estimate of drug-likeness (QED) is 0.904. The van der Waals surface area contributed by atoms with Crippen molar-refractivity contribution in [2.75, 3.05) is 13.1 Å². The summed E-state index contributed by atoms with van der Waals surface area (Å²) >= 11 is 6.02. The number of amides is 1. The lowest BCUT2D eigenvalue weighted by molar-refractivity contribution is 0.0169. The Hall–Kier alpha value is -1.26. The molecule has 1 amide bonds. The highest BCUT2D eigenvalue weighted by molar-refractivity contribution is 6.30. The number of nitrogens with zero attached hydrogens (tertiary/aromatic N) is 1. The number of benzene rings is 1. The smallest absolute Gasteiger partial charge is 0.410 e. The molecule has 0 saturated carbocycles. The van der Waals surface area contributed by atoms with Crippen molar-refractivity contribution in [1.82, 2.24) is 4.90 Å². The fourth-order valence-electron chi connectivity index (χ4n) is 2.69. The molecular formula is C17H25ClN2O2. The van der Waals surface area contributed by atoms with Crippen molar-refractivity contribution in [2.24, 2.45) is 5.73 Å². The Morgan fingerprint density at radius 1 is 1.36 bits per heavy atom. The van der Waals surface area contributed by atoms with E-state index in [1.165, 1.54) is 0 Å². The highest BCUT2D eigenvalue weighted by atomic mass is 35.5. The van der Waals surface area contributed by atoms with E-state index in [9.17, 15) is 4.79 Å². The van der Waals surface area contributed by atoms with E-state index in [4.69, 9.17) is 22.1 Å². The third kappa shape index (κ3) is 4.89. The van der Waals surface area contributed by atoms with E-state index < -0.39 is 5.60 Å². The van der Waals surface area contributed by atoms with E-state index in [-0.39, 0.29) is 11.6 Å². The van der Waals surface area contributed by atoms with Crippen LogP contribution < -0.4 is 5.73 Å². The van der Waals surface area contributed by atoms with Gasteiger partial charge in [0.15, 0.2) is 0 Å². The summed E-state index contributed by atoms with van der Waals surface area (Å²) in [4.78, 5) is 13.8. The first-order valence-corrected chi connectivity index (χ1v) is 8.06. The van der Waals surface area contributed by atoms with Gasteiger partial charge >= 0.3 is 6.09 Å². The van der Waals surface area contributed by atoms with Crippen LogP contribution in [0.15, 0.2) is 24.3 Å². The van der Waals surface area contributed by atoms with Crippen molar-refractivity contribution in [2.45, 2.75) is 51.2 Å². The summed E-state index contributed by atoms with van der Waals surface area (Å²) in [6.45, 7) is 6.89. The van der Waals surface area contributed by atoms with Crippen molar-refractivity contribution < 1.29 is 9.53 Å². The van der Waals surface area contributed by atoms with E-state index >= 15 is 0 Å². The summed E-state index contributed by atoms with van der Waals surface area (Å²) in [5.74, 6) is 0. The number of carbonyl (C=O) groups is 1. The van der Waals surface area contributed by atoms with Gasteiger partial charge in [-0.25, -0.2) is 4.79 Å². The zero-order valence-corrected chi connectivity index (χ0v) is 14.3. The number of carbonyl (C=O) groups excluding carboxylic acids is 1. The molecule has 2 N–H and O–H groups in total. The molecule has 2 rings (SSSR count). The molecule has 1 aliphatic rings. The van der Waals surface area contributed by atoms with Gasteiger partial charge in [0.05, 0.1) is 0 Å². The molecule has 0 aliphatic carbocycles. The molecule has 1 heterocycles. The van der Waals surface area contributed by atoms with Gasteiger partial charge in [-0.1, -0.05) is 23.7 Å². The van der Waals surface area contributed by atoms with E-state index in [0.29, 0.717) is 13.1 Å². The number of halogens is 1. The predicted molar refractivity (Wildman–Crippen MR) is 89.1 cm³/mol. The second-order valence-corrected chi connectivity index (χ2v) is 7.57. The Bertz CT molecular complexity index is 532. The number of nitrogens with two attached hydrogens (primary N) is 1. The Balaban J connectivity index is 1.91. The summed E-state index contributed by atoms with van der Waals surface area (Å²) in [6, 6.07) is 7.80. The van der Waals surface area contributed by atoms with Gasteiger partial charge in [-0.15, -0.1) is 0 Å². The van der Waals surface area contributed by atoms with Crippen LogP contribution in [0.5, 0.6) is 0 Å². The minimum Gasteiger partial charge on any atom is -0.444 e. The third-order valence-electron chi connectivity index (χ3n) is 3.86. The van der Waals surface area contributed by atoms with Crippen LogP contribution in [0.25, 0.3) is 0 Å². The van der Waals surface area contributed by atoms with Crippen LogP contribution >= 0.6 is 11.6 Å². The first-order chi connectivity index (χ1) is 10.2. The molecule has 1 aromatic rings. The monoisotopic (exact) mass is 324 g/mol. The summed E-state index contributed by atoms with van der Waals surface area (Å²) in [6.07, 6.45) is 2.05. The Labute approximate surface area is 137 Å². The van der Waals surface area contributed by atoms with Crippen LogP contribution in [-0.2, 0) is 11.2 Å². The minimum atomic E-state index is -0.463. The van der Waals surface area contributed by atoms with Crippen LogP contribution in [0.3, 0.4) is 0 Å². The topological polar surface area (TPSA) is 55.6 Å². The van der Waals surface area contributed by atoms with Gasteiger partial charge in [-0.2, -0.15) is 0 Å². The van der Waals surface area contributed by atoms with Gasteiger partial charge in [0.1, 0.15) is 5.60 Å². The van der Waals surface area contributed by atoms with Crippen LogP contribution in [-0.4, -0.2) is 35.2 Å². The highest BCUT2D eigenvalue weighted by Gasteiger charge is 2.34. The average Bonchev–Trinajstić information content (AvgIpc) is 2.36. The minimum absolute atomic E-state index is 0.252. The number of hydrogen-bond donors (Lipinski definition) is 1. The molecule has 0 radical (unpaired) electrons. The second-order valence-electron chi connectivity index (χ2n) is 7.14. The second kappa shape index (κ2) is 6.47. The van der Waals surface area contributed by atoms with Gasteiger partial charge in [0, 0.05) is 23.7 Å². The van der Waals surface area contributed by atoms with Crippen LogP contribution in [0.1, 0.15) is 39.2 Å². The number of piperidine rings is 1. The lowest BCUT2D eigenvalue weighted by Gasteiger charge is -2.39. The van der Waals surface area contributed by atoms with Crippen molar-refractivity contribution in [1.29, 1.82) is 0 Å². The molecular weight excluding hydrogens is 300 g/mol. The Morgan fingerprint density at radius 3 is 2.55 bits per heavy atom.